The van der Waals surface area contributed by atoms with E-state index in [9.17, 15) is 4.79 Å². The Labute approximate surface area is 140 Å². The van der Waals surface area contributed by atoms with Gasteiger partial charge in [-0.1, -0.05) is 6.07 Å². The molecule has 0 atom stereocenters. The first-order valence-corrected chi connectivity index (χ1v) is 7.91. The quantitative estimate of drug-likeness (QED) is 0.926. The fraction of sp³-hybridized carbons (Fsp3) is 0.375. The average Bonchev–Trinajstić information content (AvgIpc) is 3.00. The predicted octanol–water partition coefficient (Wildman–Crippen LogP) is 2.01. The van der Waals surface area contributed by atoms with Gasteiger partial charge in [-0.3, -0.25) is 4.79 Å². The highest BCUT2D eigenvalue weighted by molar-refractivity contribution is 6.29. The van der Waals surface area contributed by atoms with Crippen LogP contribution in [0.25, 0.3) is 0 Å². The van der Waals surface area contributed by atoms with Crippen LogP contribution in [0.2, 0.25) is 5.22 Å². The summed E-state index contributed by atoms with van der Waals surface area (Å²) in [4.78, 5) is 21.0. The molecule has 122 valence electrons. The molecule has 0 saturated carbocycles. The lowest BCUT2D eigenvalue weighted by Gasteiger charge is -2.33. The molecule has 7 heteroatoms. The van der Waals surface area contributed by atoms with Gasteiger partial charge in [-0.05, 0) is 42.4 Å². The van der Waals surface area contributed by atoms with Gasteiger partial charge in [0.15, 0.2) is 11.0 Å². The van der Waals surface area contributed by atoms with E-state index in [1.165, 1.54) is 0 Å². The number of halogens is 1. The van der Waals surface area contributed by atoms with Crippen molar-refractivity contribution in [3.05, 3.63) is 47.0 Å². The number of rotatable bonds is 4. The number of anilines is 1. The zero-order valence-electron chi connectivity index (χ0n) is 13.0. The first-order chi connectivity index (χ1) is 11.1. The number of likely N-dealkylation sites (N-methyl/N-ethyl adjacent to an activating group) is 1. The molecule has 0 bridgehead atoms. The molecule has 1 aliphatic heterocycles. The SMILES string of the molecule is CN1CCN(c2ccc(CNC(=O)c3ccc(Cl)o3)cn2)CC1. The molecule has 0 radical (unpaired) electrons. The van der Waals surface area contributed by atoms with Gasteiger partial charge in [0.25, 0.3) is 5.91 Å². The standard InChI is InChI=1S/C16H19ClN4O2/c1-20-6-8-21(9-7-20)15-5-2-12(10-18-15)11-19-16(22)13-3-4-14(17)23-13/h2-5,10H,6-9,11H2,1H3,(H,19,22). The second kappa shape index (κ2) is 7.02. The van der Waals surface area contributed by atoms with E-state index in [0.717, 1.165) is 37.6 Å². The molecule has 23 heavy (non-hydrogen) atoms. The molecular formula is C16H19ClN4O2. The van der Waals surface area contributed by atoms with Gasteiger partial charge in [-0.15, -0.1) is 0 Å². The van der Waals surface area contributed by atoms with Crippen molar-refractivity contribution in [1.29, 1.82) is 0 Å². The Morgan fingerprint density at radius 2 is 2.04 bits per heavy atom. The Balaban J connectivity index is 1.54. The number of aromatic nitrogens is 1. The van der Waals surface area contributed by atoms with Gasteiger partial charge in [0, 0.05) is 38.9 Å². The first kappa shape index (κ1) is 15.8. The maximum Gasteiger partial charge on any atom is 0.287 e. The molecule has 1 aliphatic rings. The molecule has 0 unspecified atom stereocenters. The fourth-order valence-corrected chi connectivity index (χ4v) is 2.60. The van der Waals surface area contributed by atoms with Crippen molar-refractivity contribution in [3.63, 3.8) is 0 Å². The van der Waals surface area contributed by atoms with Crippen molar-refractivity contribution >= 4 is 23.3 Å². The number of piperazine rings is 1. The monoisotopic (exact) mass is 334 g/mol. The van der Waals surface area contributed by atoms with E-state index in [2.05, 4.69) is 27.1 Å². The zero-order chi connectivity index (χ0) is 16.2. The number of nitrogens with zero attached hydrogens (tertiary/aromatic N) is 3. The second-order valence-electron chi connectivity index (χ2n) is 5.60. The Bertz CT molecular complexity index is 663. The Hall–Kier alpha value is -2.05. The molecule has 1 fully saturated rings. The van der Waals surface area contributed by atoms with E-state index in [0.29, 0.717) is 6.54 Å². The molecule has 2 aromatic rings. The molecule has 0 aromatic carbocycles. The van der Waals surface area contributed by atoms with Gasteiger partial charge < -0.3 is 19.5 Å². The summed E-state index contributed by atoms with van der Waals surface area (Å²) >= 11 is 5.66. The summed E-state index contributed by atoms with van der Waals surface area (Å²) in [5.41, 5.74) is 0.939. The summed E-state index contributed by atoms with van der Waals surface area (Å²) in [6, 6.07) is 7.07. The Morgan fingerprint density at radius 1 is 1.26 bits per heavy atom. The third-order valence-corrected chi connectivity index (χ3v) is 4.09. The molecule has 2 aromatic heterocycles. The highest BCUT2D eigenvalue weighted by atomic mass is 35.5. The summed E-state index contributed by atoms with van der Waals surface area (Å²) in [5.74, 6) is 0.892. The van der Waals surface area contributed by atoms with Crippen LogP contribution in [-0.4, -0.2) is 49.0 Å². The fourth-order valence-electron chi connectivity index (χ4n) is 2.45. The van der Waals surface area contributed by atoms with Gasteiger partial charge >= 0.3 is 0 Å². The molecule has 1 N–H and O–H groups in total. The van der Waals surface area contributed by atoms with Crippen LogP contribution in [0.15, 0.2) is 34.9 Å². The smallest absolute Gasteiger partial charge is 0.287 e. The van der Waals surface area contributed by atoms with Crippen molar-refractivity contribution in [2.75, 3.05) is 38.1 Å². The molecule has 3 heterocycles. The summed E-state index contributed by atoms with van der Waals surface area (Å²) in [6.45, 7) is 4.46. The normalized spacial score (nSPS) is 15.7. The van der Waals surface area contributed by atoms with Crippen molar-refractivity contribution < 1.29 is 9.21 Å². The summed E-state index contributed by atoms with van der Waals surface area (Å²) in [6.07, 6.45) is 1.79. The lowest BCUT2D eigenvalue weighted by molar-refractivity contribution is 0.0923. The first-order valence-electron chi connectivity index (χ1n) is 7.54. The van der Waals surface area contributed by atoms with E-state index >= 15 is 0 Å². The van der Waals surface area contributed by atoms with Crippen molar-refractivity contribution in [1.82, 2.24) is 15.2 Å². The largest absolute Gasteiger partial charge is 0.440 e. The maximum absolute atomic E-state index is 11.9. The van der Waals surface area contributed by atoms with Crippen LogP contribution in [0.5, 0.6) is 0 Å². The van der Waals surface area contributed by atoms with Gasteiger partial charge in [0.05, 0.1) is 0 Å². The number of amides is 1. The van der Waals surface area contributed by atoms with E-state index in [-0.39, 0.29) is 16.9 Å². The van der Waals surface area contributed by atoms with E-state index in [1.807, 2.05) is 12.1 Å². The topological polar surface area (TPSA) is 61.6 Å². The summed E-state index contributed by atoms with van der Waals surface area (Å²) in [5, 5.41) is 2.98. The number of furan rings is 1. The van der Waals surface area contributed by atoms with Crippen molar-refractivity contribution in [2.45, 2.75) is 6.54 Å². The van der Waals surface area contributed by atoms with Crippen LogP contribution < -0.4 is 10.2 Å². The Kier molecular flexibility index (Phi) is 4.83. The van der Waals surface area contributed by atoms with Crippen LogP contribution in [0.3, 0.4) is 0 Å². The van der Waals surface area contributed by atoms with Crippen molar-refractivity contribution in [3.8, 4) is 0 Å². The van der Waals surface area contributed by atoms with Gasteiger partial charge in [0.1, 0.15) is 5.82 Å². The molecule has 3 rings (SSSR count). The van der Waals surface area contributed by atoms with Crippen LogP contribution in [0.1, 0.15) is 16.1 Å². The third kappa shape index (κ3) is 4.03. The molecule has 6 nitrogen and oxygen atoms in total. The predicted molar refractivity (Wildman–Crippen MR) is 88.8 cm³/mol. The minimum absolute atomic E-state index is 0.202. The lowest BCUT2D eigenvalue weighted by atomic mass is 10.2. The van der Waals surface area contributed by atoms with Crippen LogP contribution in [-0.2, 0) is 6.54 Å². The maximum atomic E-state index is 11.9. The van der Waals surface area contributed by atoms with Crippen LogP contribution >= 0.6 is 11.6 Å². The molecule has 0 spiro atoms. The van der Waals surface area contributed by atoms with E-state index in [4.69, 9.17) is 16.0 Å². The average molecular weight is 335 g/mol. The molecule has 1 amide bonds. The highest BCUT2D eigenvalue weighted by Crippen LogP contribution is 2.15. The summed E-state index contributed by atoms with van der Waals surface area (Å²) in [7, 11) is 2.13. The number of hydrogen-bond acceptors (Lipinski definition) is 5. The second-order valence-corrected chi connectivity index (χ2v) is 5.97. The Morgan fingerprint density at radius 3 is 2.65 bits per heavy atom. The van der Waals surface area contributed by atoms with E-state index in [1.54, 1.807) is 18.3 Å². The minimum Gasteiger partial charge on any atom is -0.440 e. The van der Waals surface area contributed by atoms with Gasteiger partial charge in [-0.25, -0.2) is 4.98 Å². The van der Waals surface area contributed by atoms with Crippen LogP contribution in [0, 0.1) is 0 Å². The number of carbonyl (C=O) groups excluding carboxylic acids is 1. The molecular weight excluding hydrogens is 316 g/mol. The number of pyridine rings is 1. The van der Waals surface area contributed by atoms with Crippen LogP contribution in [0.4, 0.5) is 5.82 Å². The molecule has 0 aliphatic carbocycles. The number of nitrogens with one attached hydrogen (secondary N) is 1. The van der Waals surface area contributed by atoms with Crippen molar-refractivity contribution in [2.24, 2.45) is 0 Å². The number of hydrogen-bond donors (Lipinski definition) is 1. The third-order valence-electron chi connectivity index (χ3n) is 3.89. The van der Waals surface area contributed by atoms with E-state index < -0.39 is 0 Å². The molecule has 1 saturated heterocycles. The summed E-state index contributed by atoms with van der Waals surface area (Å²) < 4.78 is 5.07. The zero-order valence-corrected chi connectivity index (χ0v) is 13.7. The lowest BCUT2D eigenvalue weighted by Crippen LogP contribution is -2.44. The minimum atomic E-state index is -0.292. The number of carbonyl (C=O) groups is 1. The van der Waals surface area contributed by atoms with Gasteiger partial charge in [0.2, 0.25) is 0 Å². The highest BCUT2D eigenvalue weighted by Gasteiger charge is 2.15. The van der Waals surface area contributed by atoms with Gasteiger partial charge in [-0.2, -0.15) is 0 Å².